The fraction of sp³-hybridized carbons (Fsp3) is 0.812. The van der Waals surface area contributed by atoms with Crippen molar-refractivity contribution in [1.29, 1.82) is 0 Å². The first-order chi connectivity index (χ1) is 9.78. The predicted octanol–water partition coefficient (Wildman–Crippen LogP) is 2.39. The minimum atomic E-state index is 0.573. The standard InChI is InChI=1S/C16H25N3O/c1-20-15-9-14(2-3-17)18-19(15)16-12-5-10-4-11(7-12)8-13(16)6-10/h9-13,16H,2-8,17H2,1H3. The molecule has 20 heavy (non-hydrogen) atoms. The predicted molar refractivity (Wildman–Crippen MR) is 77.6 cm³/mol. The maximum Gasteiger partial charge on any atom is 0.211 e. The van der Waals surface area contributed by atoms with Crippen LogP contribution < -0.4 is 10.5 Å². The van der Waals surface area contributed by atoms with Crippen molar-refractivity contribution in [2.75, 3.05) is 13.7 Å². The number of hydrogen-bond donors (Lipinski definition) is 1. The SMILES string of the molecule is COc1cc(CCN)nn1C1C2CC3CC(C2)CC1C3. The Morgan fingerprint density at radius 2 is 1.85 bits per heavy atom. The fourth-order valence-corrected chi connectivity index (χ4v) is 5.36. The first kappa shape index (κ1) is 12.7. The summed E-state index contributed by atoms with van der Waals surface area (Å²) in [5.74, 6) is 4.58. The van der Waals surface area contributed by atoms with E-state index in [4.69, 9.17) is 15.6 Å². The Hall–Kier alpha value is -1.03. The van der Waals surface area contributed by atoms with Crippen LogP contribution in [0.25, 0.3) is 0 Å². The summed E-state index contributed by atoms with van der Waals surface area (Å²) in [6.45, 7) is 0.655. The molecule has 1 aromatic heterocycles. The van der Waals surface area contributed by atoms with Crippen molar-refractivity contribution in [2.45, 2.75) is 44.6 Å². The van der Waals surface area contributed by atoms with Gasteiger partial charge < -0.3 is 10.5 Å². The molecule has 0 aliphatic heterocycles. The average molecular weight is 275 g/mol. The topological polar surface area (TPSA) is 53.1 Å². The maximum atomic E-state index is 5.67. The Morgan fingerprint density at radius 1 is 1.20 bits per heavy atom. The Balaban J connectivity index is 1.66. The maximum absolute atomic E-state index is 5.67. The number of aromatic nitrogens is 2. The minimum Gasteiger partial charge on any atom is -0.481 e. The Bertz CT molecular complexity index is 468. The molecule has 0 spiro atoms. The summed E-state index contributed by atoms with van der Waals surface area (Å²) in [6.07, 6.45) is 7.98. The zero-order chi connectivity index (χ0) is 13.7. The summed E-state index contributed by atoms with van der Waals surface area (Å²) in [5.41, 5.74) is 6.75. The molecule has 0 saturated heterocycles. The first-order valence-electron chi connectivity index (χ1n) is 8.11. The molecule has 110 valence electrons. The second-order valence-electron chi connectivity index (χ2n) is 7.08. The van der Waals surface area contributed by atoms with Crippen molar-refractivity contribution in [2.24, 2.45) is 29.4 Å². The number of methoxy groups -OCH3 is 1. The molecule has 0 amide bonds. The molecule has 4 nitrogen and oxygen atoms in total. The molecule has 5 rings (SSSR count). The fourth-order valence-electron chi connectivity index (χ4n) is 5.36. The monoisotopic (exact) mass is 275 g/mol. The number of ether oxygens (including phenoxy) is 1. The summed E-state index contributed by atoms with van der Waals surface area (Å²) in [7, 11) is 1.76. The Morgan fingerprint density at radius 3 is 2.40 bits per heavy atom. The summed E-state index contributed by atoms with van der Waals surface area (Å²) in [6, 6.07) is 2.65. The van der Waals surface area contributed by atoms with Crippen molar-refractivity contribution < 1.29 is 4.74 Å². The third-order valence-corrected chi connectivity index (χ3v) is 5.82. The van der Waals surface area contributed by atoms with E-state index >= 15 is 0 Å². The van der Waals surface area contributed by atoms with E-state index in [2.05, 4.69) is 10.7 Å². The minimum absolute atomic E-state index is 0.573. The van der Waals surface area contributed by atoms with Gasteiger partial charge >= 0.3 is 0 Å². The van der Waals surface area contributed by atoms with Gasteiger partial charge in [0.25, 0.3) is 0 Å². The smallest absolute Gasteiger partial charge is 0.211 e. The molecule has 1 heterocycles. The molecule has 4 heteroatoms. The third-order valence-electron chi connectivity index (χ3n) is 5.82. The van der Waals surface area contributed by atoms with Crippen LogP contribution in [0.5, 0.6) is 5.88 Å². The zero-order valence-electron chi connectivity index (χ0n) is 12.3. The number of rotatable bonds is 4. The highest BCUT2D eigenvalue weighted by molar-refractivity contribution is 5.19. The normalized spacial score (nSPS) is 38.4. The molecule has 4 aliphatic carbocycles. The van der Waals surface area contributed by atoms with Crippen LogP contribution >= 0.6 is 0 Å². The van der Waals surface area contributed by atoms with Gasteiger partial charge in [-0.2, -0.15) is 5.10 Å². The van der Waals surface area contributed by atoms with Crippen LogP contribution in [0.3, 0.4) is 0 Å². The second kappa shape index (κ2) is 4.76. The van der Waals surface area contributed by atoms with Gasteiger partial charge in [-0.15, -0.1) is 0 Å². The summed E-state index contributed by atoms with van der Waals surface area (Å²) >= 11 is 0. The van der Waals surface area contributed by atoms with Crippen molar-refractivity contribution >= 4 is 0 Å². The van der Waals surface area contributed by atoms with Crippen molar-refractivity contribution in [3.05, 3.63) is 11.8 Å². The van der Waals surface area contributed by atoms with Gasteiger partial charge in [0.2, 0.25) is 5.88 Å². The second-order valence-corrected chi connectivity index (χ2v) is 7.08. The van der Waals surface area contributed by atoms with Crippen LogP contribution in [0, 0.1) is 23.7 Å². The molecule has 0 aromatic carbocycles. The highest BCUT2D eigenvalue weighted by Crippen LogP contribution is 2.58. The molecule has 2 N–H and O–H groups in total. The van der Waals surface area contributed by atoms with E-state index < -0.39 is 0 Å². The van der Waals surface area contributed by atoms with E-state index in [1.54, 1.807) is 7.11 Å². The molecule has 4 bridgehead atoms. The molecule has 4 fully saturated rings. The van der Waals surface area contributed by atoms with E-state index in [0.29, 0.717) is 12.6 Å². The van der Waals surface area contributed by atoms with Gasteiger partial charge in [-0.05, 0) is 62.3 Å². The zero-order valence-corrected chi connectivity index (χ0v) is 12.3. The lowest BCUT2D eigenvalue weighted by Crippen LogP contribution is -2.46. The van der Waals surface area contributed by atoms with E-state index in [1.165, 1.54) is 32.1 Å². The van der Waals surface area contributed by atoms with Gasteiger partial charge in [0.05, 0.1) is 18.8 Å². The van der Waals surface area contributed by atoms with Crippen LogP contribution in [0.15, 0.2) is 6.07 Å². The number of nitrogens with two attached hydrogens (primary N) is 1. The van der Waals surface area contributed by atoms with Crippen molar-refractivity contribution in [1.82, 2.24) is 9.78 Å². The van der Waals surface area contributed by atoms with Gasteiger partial charge in [0.1, 0.15) is 0 Å². The van der Waals surface area contributed by atoms with Gasteiger partial charge in [0.15, 0.2) is 0 Å². The van der Waals surface area contributed by atoms with Gasteiger partial charge in [0, 0.05) is 12.5 Å². The summed E-state index contributed by atoms with van der Waals surface area (Å²) in [4.78, 5) is 0. The van der Waals surface area contributed by atoms with Crippen molar-refractivity contribution in [3.8, 4) is 5.88 Å². The van der Waals surface area contributed by atoms with Crippen LogP contribution in [0.4, 0.5) is 0 Å². The summed E-state index contributed by atoms with van der Waals surface area (Å²) < 4.78 is 7.79. The van der Waals surface area contributed by atoms with E-state index in [-0.39, 0.29) is 0 Å². The van der Waals surface area contributed by atoms with Crippen LogP contribution in [0.1, 0.15) is 43.8 Å². The first-order valence-corrected chi connectivity index (χ1v) is 8.11. The molecule has 0 unspecified atom stereocenters. The van der Waals surface area contributed by atoms with Gasteiger partial charge in [-0.3, -0.25) is 0 Å². The molecule has 4 saturated carbocycles. The quantitative estimate of drug-likeness (QED) is 0.918. The van der Waals surface area contributed by atoms with Crippen LogP contribution in [0.2, 0.25) is 0 Å². The highest BCUT2D eigenvalue weighted by atomic mass is 16.5. The average Bonchev–Trinajstić information content (AvgIpc) is 2.81. The molecule has 4 aliphatic rings. The van der Waals surface area contributed by atoms with Crippen LogP contribution in [-0.4, -0.2) is 23.4 Å². The van der Waals surface area contributed by atoms with E-state index in [0.717, 1.165) is 41.7 Å². The molecular weight excluding hydrogens is 250 g/mol. The number of hydrogen-bond acceptors (Lipinski definition) is 3. The molecule has 0 atom stereocenters. The Labute approximate surface area is 120 Å². The lowest BCUT2D eigenvalue weighted by molar-refractivity contribution is -0.0361. The lowest BCUT2D eigenvalue weighted by atomic mass is 9.54. The van der Waals surface area contributed by atoms with Gasteiger partial charge in [-0.1, -0.05) is 0 Å². The van der Waals surface area contributed by atoms with E-state index in [9.17, 15) is 0 Å². The largest absolute Gasteiger partial charge is 0.481 e. The molecular formula is C16H25N3O. The lowest BCUT2D eigenvalue weighted by Gasteiger charge is -2.54. The highest BCUT2D eigenvalue weighted by Gasteiger charge is 2.49. The number of nitrogens with zero attached hydrogens (tertiary/aromatic N) is 2. The molecule has 1 aromatic rings. The van der Waals surface area contributed by atoms with E-state index in [1.807, 2.05) is 0 Å². The third kappa shape index (κ3) is 1.88. The Kier molecular flexibility index (Phi) is 3.02. The van der Waals surface area contributed by atoms with Crippen molar-refractivity contribution in [3.63, 3.8) is 0 Å². The summed E-state index contributed by atoms with van der Waals surface area (Å²) in [5, 5.41) is 4.83. The van der Waals surface area contributed by atoms with Gasteiger partial charge in [-0.25, -0.2) is 4.68 Å². The molecule has 0 radical (unpaired) electrons. The van der Waals surface area contributed by atoms with Crippen LogP contribution in [-0.2, 0) is 6.42 Å².